The summed E-state index contributed by atoms with van der Waals surface area (Å²) in [6.45, 7) is 5.83. The summed E-state index contributed by atoms with van der Waals surface area (Å²) in [6, 6.07) is 8.13. The number of likely N-dealkylation sites (N-methyl/N-ethyl adjacent to an activating group) is 1. The summed E-state index contributed by atoms with van der Waals surface area (Å²) >= 11 is 0. The first kappa shape index (κ1) is 16.5. The van der Waals surface area contributed by atoms with Gasteiger partial charge in [0.15, 0.2) is 0 Å². The number of benzene rings is 1. The summed E-state index contributed by atoms with van der Waals surface area (Å²) < 4.78 is 0. The zero-order valence-corrected chi connectivity index (χ0v) is 13.8. The van der Waals surface area contributed by atoms with Gasteiger partial charge >= 0.3 is 6.03 Å². The van der Waals surface area contributed by atoms with E-state index >= 15 is 0 Å². The fourth-order valence-corrected chi connectivity index (χ4v) is 2.87. The smallest absolute Gasteiger partial charge is 0.321 e. The number of urea groups is 1. The van der Waals surface area contributed by atoms with Gasteiger partial charge in [0.1, 0.15) is 0 Å². The van der Waals surface area contributed by atoms with Gasteiger partial charge in [-0.05, 0) is 51.8 Å². The standard InChI is InChI=1S/C17H25N3O2/c1-17(2,3)19-16(22)18-15(21)11-20(4)14-10-9-12-7-5-6-8-13(12)14/h5-8,14H,9-11H2,1-4H3,(H2,18,19,21,22). The number of imide groups is 1. The van der Waals surface area contributed by atoms with Crippen LogP contribution >= 0.6 is 0 Å². The van der Waals surface area contributed by atoms with E-state index in [4.69, 9.17) is 0 Å². The predicted molar refractivity (Wildman–Crippen MR) is 86.6 cm³/mol. The molecular formula is C17H25N3O2. The molecule has 2 N–H and O–H groups in total. The van der Waals surface area contributed by atoms with Crippen molar-refractivity contribution in [3.05, 3.63) is 35.4 Å². The van der Waals surface area contributed by atoms with Crippen LogP contribution in [0.4, 0.5) is 4.79 Å². The van der Waals surface area contributed by atoms with E-state index in [0.29, 0.717) is 0 Å². The first-order chi connectivity index (χ1) is 10.3. The number of carbonyl (C=O) groups excluding carboxylic acids is 2. The monoisotopic (exact) mass is 303 g/mol. The Labute approximate surface area is 132 Å². The molecule has 1 aromatic carbocycles. The van der Waals surface area contributed by atoms with Gasteiger partial charge in [0.25, 0.3) is 0 Å². The van der Waals surface area contributed by atoms with Crippen molar-refractivity contribution in [2.24, 2.45) is 0 Å². The van der Waals surface area contributed by atoms with E-state index in [1.807, 2.05) is 44.9 Å². The van der Waals surface area contributed by atoms with Crippen LogP contribution in [0.15, 0.2) is 24.3 Å². The molecule has 0 spiro atoms. The Balaban J connectivity index is 1.89. The van der Waals surface area contributed by atoms with Crippen LogP contribution in [-0.4, -0.2) is 36.0 Å². The molecule has 0 fully saturated rings. The van der Waals surface area contributed by atoms with E-state index < -0.39 is 6.03 Å². The molecule has 5 nitrogen and oxygen atoms in total. The number of amides is 3. The molecular weight excluding hydrogens is 278 g/mol. The van der Waals surface area contributed by atoms with E-state index in [1.54, 1.807) is 0 Å². The second-order valence-corrected chi connectivity index (χ2v) is 6.92. The van der Waals surface area contributed by atoms with E-state index in [9.17, 15) is 9.59 Å². The van der Waals surface area contributed by atoms with E-state index in [-0.39, 0.29) is 24.0 Å². The Kier molecular flexibility index (Phi) is 4.86. The van der Waals surface area contributed by atoms with Gasteiger partial charge in [-0.15, -0.1) is 0 Å². The van der Waals surface area contributed by atoms with Crippen LogP contribution in [0.5, 0.6) is 0 Å². The highest BCUT2D eigenvalue weighted by molar-refractivity contribution is 5.95. The molecule has 120 valence electrons. The lowest BCUT2D eigenvalue weighted by atomic mass is 10.1. The van der Waals surface area contributed by atoms with Gasteiger partial charge < -0.3 is 5.32 Å². The minimum atomic E-state index is -0.447. The van der Waals surface area contributed by atoms with Crippen molar-refractivity contribution in [2.75, 3.05) is 13.6 Å². The van der Waals surface area contributed by atoms with Crippen molar-refractivity contribution in [2.45, 2.75) is 45.2 Å². The lowest BCUT2D eigenvalue weighted by Gasteiger charge is -2.25. The molecule has 0 aliphatic heterocycles. The summed E-state index contributed by atoms with van der Waals surface area (Å²) in [6.07, 6.45) is 2.05. The van der Waals surface area contributed by atoms with Crippen LogP contribution in [0, 0.1) is 0 Å². The molecule has 0 heterocycles. The highest BCUT2D eigenvalue weighted by atomic mass is 16.2. The van der Waals surface area contributed by atoms with Gasteiger partial charge in [0.05, 0.1) is 6.54 Å². The van der Waals surface area contributed by atoms with Crippen molar-refractivity contribution in [3.8, 4) is 0 Å². The second kappa shape index (κ2) is 6.48. The fourth-order valence-electron chi connectivity index (χ4n) is 2.87. The van der Waals surface area contributed by atoms with Gasteiger partial charge in [-0.25, -0.2) is 4.79 Å². The van der Waals surface area contributed by atoms with Crippen molar-refractivity contribution in [1.29, 1.82) is 0 Å². The maximum atomic E-state index is 12.0. The number of fused-ring (bicyclic) bond motifs is 1. The predicted octanol–water partition coefficient (Wildman–Crippen LogP) is 2.23. The number of aryl methyl sites for hydroxylation is 1. The number of rotatable bonds is 3. The largest absolute Gasteiger partial charge is 0.333 e. The molecule has 1 aliphatic rings. The Morgan fingerprint density at radius 3 is 2.64 bits per heavy atom. The number of nitrogens with one attached hydrogen (secondary N) is 2. The van der Waals surface area contributed by atoms with Crippen LogP contribution in [-0.2, 0) is 11.2 Å². The third-order valence-electron chi connectivity index (χ3n) is 3.77. The maximum Gasteiger partial charge on any atom is 0.321 e. The molecule has 0 aromatic heterocycles. The number of nitrogens with zero attached hydrogens (tertiary/aromatic N) is 1. The lowest BCUT2D eigenvalue weighted by molar-refractivity contribution is -0.121. The zero-order chi connectivity index (χ0) is 16.3. The van der Waals surface area contributed by atoms with Crippen LogP contribution in [0.25, 0.3) is 0 Å². The highest BCUT2D eigenvalue weighted by Gasteiger charge is 2.27. The second-order valence-electron chi connectivity index (χ2n) is 6.92. The molecule has 1 aromatic rings. The van der Waals surface area contributed by atoms with Crippen molar-refractivity contribution < 1.29 is 9.59 Å². The van der Waals surface area contributed by atoms with Gasteiger partial charge in [0, 0.05) is 11.6 Å². The minimum Gasteiger partial charge on any atom is -0.333 e. The van der Waals surface area contributed by atoms with Crippen molar-refractivity contribution in [1.82, 2.24) is 15.5 Å². The summed E-state index contributed by atoms with van der Waals surface area (Å²) in [5.41, 5.74) is 2.28. The molecule has 3 amide bonds. The summed E-state index contributed by atoms with van der Waals surface area (Å²) in [5.74, 6) is -0.284. The summed E-state index contributed by atoms with van der Waals surface area (Å²) in [4.78, 5) is 25.7. The average Bonchev–Trinajstić information content (AvgIpc) is 2.79. The average molecular weight is 303 g/mol. The first-order valence-corrected chi connectivity index (χ1v) is 7.66. The first-order valence-electron chi connectivity index (χ1n) is 7.66. The van der Waals surface area contributed by atoms with Crippen LogP contribution < -0.4 is 10.6 Å². The Morgan fingerprint density at radius 1 is 1.27 bits per heavy atom. The molecule has 0 saturated carbocycles. The summed E-state index contributed by atoms with van der Waals surface area (Å²) in [7, 11) is 1.92. The van der Waals surface area contributed by atoms with Crippen LogP contribution in [0.2, 0.25) is 0 Å². The van der Waals surface area contributed by atoms with Crippen molar-refractivity contribution >= 4 is 11.9 Å². The molecule has 1 atom stereocenters. The number of hydrogen-bond acceptors (Lipinski definition) is 3. The zero-order valence-electron chi connectivity index (χ0n) is 13.8. The number of carbonyl (C=O) groups is 2. The molecule has 0 bridgehead atoms. The SMILES string of the molecule is CN(CC(=O)NC(=O)NC(C)(C)C)C1CCc2ccccc21. The molecule has 2 rings (SSSR count). The van der Waals surface area contributed by atoms with Crippen LogP contribution in [0.3, 0.4) is 0 Å². The Hall–Kier alpha value is -1.88. The maximum absolute atomic E-state index is 12.0. The van der Waals surface area contributed by atoms with Gasteiger partial charge in [-0.3, -0.25) is 15.0 Å². The van der Waals surface area contributed by atoms with E-state index in [1.165, 1.54) is 11.1 Å². The van der Waals surface area contributed by atoms with Gasteiger partial charge in [-0.2, -0.15) is 0 Å². The van der Waals surface area contributed by atoms with Gasteiger partial charge in [-0.1, -0.05) is 24.3 Å². The van der Waals surface area contributed by atoms with Gasteiger partial charge in [0.2, 0.25) is 5.91 Å². The van der Waals surface area contributed by atoms with E-state index in [0.717, 1.165) is 12.8 Å². The molecule has 0 radical (unpaired) electrons. The topological polar surface area (TPSA) is 61.4 Å². The molecule has 1 aliphatic carbocycles. The van der Waals surface area contributed by atoms with Crippen molar-refractivity contribution in [3.63, 3.8) is 0 Å². The highest BCUT2D eigenvalue weighted by Crippen LogP contribution is 2.34. The minimum absolute atomic E-state index is 0.205. The molecule has 22 heavy (non-hydrogen) atoms. The van der Waals surface area contributed by atoms with Crippen LogP contribution in [0.1, 0.15) is 44.4 Å². The normalized spacial score (nSPS) is 17.2. The quantitative estimate of drug-likeness (QED) is 0.900. The number of hydrogen-bond donors (Lipinski definition) is 2. The summed E-state index contributed by atoms with van der Waals surface area (Å²) in [5, 5.41) is 5.10. The Bertz CT molecular complexity index is 563. The van der Waals surface area contributed by atoms with E-state index in [2.05, 4.69) is 22.8 Å². The molecule has 1 unspecified atom stereocenters. The third kappa shape index (κ3) is 4.31. The Morgan fingerprint density at radius 2 is 1.95 bits per heavy atom. The lowest BCUT2D eigenvalue weighted by Crippen LogP contribution is -2.50. The molecule has 0 saturated heterocycles. The fraction of sp³-hybridized carbons (Fsp3) is 0.529. The third-order valence-corrected chi connectivity index (χ3v) is 3.77. The molecule has 5 heteroatoms.